The zero-order valence-electron chi connectivity index (χ0n) is 15.1. The van der Waals surface area contributed by atoms with Crippen LogP contribution in [0.1, 0.15) is 72.1 Å². The van der Waals surface area contributed by atoms with E-state index in [9.17, 15) is 9.90 Å². The van der Waals surface area contributed by atoms with Gasteiger partial charge in [0.1, 0.15) is 5.60 Å². The maximum absolute atomic E-state index is 12.3. The zero-order chi connectivity index (χ0) is 16.9. The van der Waals surface area contributed by atoms with Crippen molar-refractivity contribution in [2.45, 2.75) is 89.4 Å². The maximum atomic E-state index is 12.3. The molecule has 1 unspecified atom stereocenters. The fourth-order valence-electron chi connectivity index (χ4n) is 3.64. The lowest BCUT2D eigenvalue weighted by molar-refractivity contribution is 0.0174. The lowest BCUT2D eigenvalue weighted by atomic mass is 9.94. The first-order valence-electron chi connectivity index (χ1n) is 9.22. The standard InChI is InChI=1S/C18H34N2O3/c1-17(2,3)23-16(21)20-12-8-9-15(20)13-19-14-18(22)10-6-4-5-7-11-18/h15,19,22H,4-14H2,1-3H3. The fourth-order valence-corrected chi connectivity index (χ4v) is 3.64. The molecule has 134 valence electrons. The van der Waals surface area contributed by atoms with Gasteiger partial charge in [-0.15, -0.1) is 0 Å². The van der Waals surface area contributed by atoms with Crippen molar-refractivity contribution in [2.75, 3.05) is 19.6 Å². The Morgan fingerprint density at radius 1 is 1.22 bits per heavy atom. The Hall–Kier alpha value is -0.810. The van der Waals surface area contributed by atoms with Crippen LogP contribution in [0.2, 0.25) is 0 Å². The smallest absolute Gasteiger partial charge is 0.410 e. The Morgan fingerprint density at radius 2 is 1.87 bits per heavy atom. The third-order valence-electron chi connectivity index (χ3n) is 4.87. The summed E-state index contributed by atoms with van der Waals surface area (Å²) in [6.07, 6.45) is 8.29. The number of likely N-dealkylation sites (tertiary alicyclic amines) is 1. The average molecular weight is 326 g/mol. The van der Waals surface area contributed by atoms with Crippen molar-refractivity contribution in [1.82, 2.24) is 10.2 Å². The molecule has 23 heavy (non-hydrogen) atoms. The van der Waals surface area contributed by atoms with Crippen molar-refractivity contribution < 1.29 is 14.6 Å². The number of ether oxygens (including phenoxy) is 1. The topological polar surface area (TPSA) is 61.8 Å². The quantitative estimate of drug-likeness (QED) is 0.780. The third kappa shape index (κ3) is 5.96. The molecule has 0 aromatic heterocycles. The summed E-state index contributed by atoms with van der Waals surface area (Å²) >= 11 is 0. The molecule has 2 rings (SSSR count). The minimum Gasteiger partial charge on any atom is -0.444 e. The first kappa shape index (κ1) is 18.5. The van der Waals surface area contributed by atoms with Crippen LogP contribution in [-0.4, -0.2) is 53.0 Å². The molecule has 2 N–H and O–H groups in total. The number of nitrogens with one attached hydrogen (secondary N) is 1. The highest BCUT2D eigenvalue weighted by atomic mass is 16.6. The van der Waals surface area contributed by atoms with Crippen molar-refractivity contribution in [3.63, 3.8) is 0 Å². The van der Waals surface area contributed by atoms with Crippen LogP contribution in [0.5, 0.6) is 0 Å². The van der Waals surface area contributed by atoms with Crippen molar-refractivity contribution in [3.05, 3.63) is 0 Å². The molecule has 1 aliphatic heterocycles. The van der Waals surface area contributed by atoms with E-state index in [1.807, 2.05) is 25.7 Å². The van der Waals surface area contributed by atoms with Gasteiger partial charge >= 0.3 is 6.09 Å². The Labute approximate surface area is 140 Å². The van der Waals surface area contributed by atoms with Gasteiger partial charge in [0, 0.05) is 25.7 Å². The van der Waals surface area contributed by atoms with E-state index in [0.29, 0.717) is 6.54 Å². The second kappa shape index (κ2) is 7.84. The molecule has 1 atom stereocenters. The van der Waals surface area contributed by atoms with E-state index in [-0.39, 0.29) is 12.1 Å². The van der Waals surface area contributed by atoms with Crippen LogP contribution in [0, 0.1) is 0 Å². The van der Waals surface area contributed by atoms with Crippen LogP contribution in [0.3, 0.4) is 0 Å². The van der Waals surface area contributed by atoms with Crippen LogP contribution in [0.15, 0.2) is 0 Å². The summed E-state index contributed by atoms with van der Waals surface area (Å²) in [6.45, 7) is 7.83. The SMILES string of the molecule is CC(C)(C)OC(=O)N1CCCC1CNCC1(O)CCCCCC1. The molecule has 0 spiro atoms. The molecule has 1 amide bonds. The highest BCUT2D eigenvalue weighted by Gasteiger charge is 2.33. The van der Waals surface area contributed by atoms with Crippen LogP contribution >= 0.6 is 0 Å². The largest absolute Gasteiger partial charge is 0.444 e. The van der Waals surface area contributed by atoms with E-state index >= 15 is 0 Å². The molecule has 0 bridgehead atoms. The van der Waals surface area contributed by atoms with Crippen molar-refractivity contribution in [3.8, 4) is 0 Å². The molecular formula is C18H34N2O3. The van der Waals surface area contributed by atoms with Gasteiger partial charge in [-0.05, 0) is 46.5 Å². The second-order valence-corrected chi connectivity index (χ2v) is 8.24. The summed E-state index contributed by atoms with van der Waals surface area (Å²) in [6, 6.07) is 0.180. The second-order valence-electron chi connectivity index (χ2n) is 8.24. The summed E-state index contributed by atoms with van der Waals surface area (Å²) in [5.74, 6) is 0. The summed E-state index contributed by atoms with van der Waals surface area (Å²) < 4.78 is 5.49. The number of rotatable bonds is 4. The number of carbonyl (C=O) groups excluding carboxylic acids is 1. The summed E-state index contributed by atoms with van der Waals surface area (Å²) in [4.78, 5) is 14.1. The molecule has 2 aliphatic rings. The average Bonchev–Trinajstić information content (AvgIpc) is 2.79. The highest BCUT2D eigenvalue weighted by molar-refractivity contribution is 5.69. The molecule has 1 aliphatic carbocycles. The molecule has 1 saturated carbocycles. The number of aliphatic hydroxyl groups is 1. The molecule has 0 radical (unpaired) electrons. The van der Waals surface area contributed by atoms with Crippen LogP contribution in [0.4, 0.5) is 4.79 Å². The van der Waals surface area contributed by atoms with Gasteiger partial charge in [0.2, 0.25) is 0 Å². The molecule has 5 nitrogen and oxygen atoms in total. The first-order valence-corrected chi connectivity index (χ1v) is 9.22. The van der Waals surface area contributed by atoms with Gasteiger partial charge in [-0.3, -0.25) is 0 Å². The summed E-state index contributed by atoms with van der Waals surface area (Å²) in [7, 11) is 0. The molecule has 1 saturated heterocycles. The van der Waals surface area contributed by atoms with Gasteiger partial charge in [0.25, 0.3) is 0 Å². The van der Waals surface area contributed by atoms with Gasteiger partial charge in [0.15, 0.2) is 0 Å². The number of hydrogen-bond donors (Lipinski definition) is 2. The maximum Gasteiger partial charge on any atom is 0.410 e. The minimum atomic E-state index is -0.564. The number of hydrogen-bond acceptors (Lipinski definition) is 4. The van der Waals surface area contributed by atoms with E-state index in [1.165, 1.54) is 12.8 Å². The monoisotopic (exact) mass is 326 g/mol. The van der Waals surface area contributed by atoms with Gasteiger partial charge in [-0.2, -0.15) is 0 Å². The lowest BCUT2D eigenvalue weighted by Gasteiger charge is -2.31. The van der Waals surface area contributed by atoms with Crippen molar-refractivity contribution in [2.24, 2.45) is 0 Å². The first-order chi connectivity index (χ1) is 10.8. The van der Waals surface area contributed by atoms with Gasteiger partial charge in [0.05, 0.1) is 5.60 Å². The lowest BCUT2D eigenvalue weighted by Crippen LogP contribution is -2.47. The number of nitrogens with zero attached hydrogens (tertiary/aromatic N) is 1. The number of carbonyl (C=O) groups is 1. The van der Waals surface area contributed by atoms with E-state index in [1.54, 1.807) is 0 Å². The minimum absolute atomic E-state index is 0.180. The van der Waals surface area contributed by atoms with Gasteiger partial charge in [-0.25, -0.2) is 4.79 Å². The van der Waals surface area contributed by atoms with Gasteiger partial charge < -0.3 is 20.1 Å². The van der Waals surface area contributed by atoms with E-state index < -0.39 is 11.2 Å². The zero-order valence-corrected chi connectivity index (χ0v) is 15.1. The fraction of sp³-hybridized carbons (Fsp3) is 0.944. The van der Waals surface area contributed by atoms with Crippen molar-refractivity contribution in [1.29, 1.82) is 0 Å². The van der Waals surface area contributed by atoms with Crippen LogP contribution in [0.25, 0.3) is 0 Å². The van der Waals surface area contributed by atoms with Gasteiger partial charge in [-0.1, -0.05) is 25.7 Å². The van der Waals surface area contributed by atoms with E-state index in [4.69, 9.17) is 4.74 Å². The molecular weight excluding hydrogens is 292 g/mol. The summed E-state index contributed by atoms with van der Waals surface area (Å²) in [5, 5.41) is 14.1. The Balaban J connectivity index is 1.78. The Kier molecular flexibility index (Phi) is 6.32. The van der Waals surface area contributed by atoms with Crippen LogP contribution in [-0.2, 0) is 4.74 Å². The predicted octanol–water partition coefficient (Wildman–Crippen LogP) is 3.06. The number of amides is 1. The van der Waals surface area contributed by atoms with Crippen LogP contribution < -0.4 is 5.32 Å². The molecule has 5 heteroatoms. The predicted molar refractivity (Wildman–Crippen MR) is 91.5 cm³/mol. The van der Waals surface area contributed by atoms with Crippen molar-refractivity contribution >= 4 is 6.09 Å². The Morgan fingerprint density at radius 3 is 2.48 bits per heavy atom. The normalized spacial score (nSPS) is 25.2. The highest BCUT2D eigenvalue weighted by Crippen LogP contribution is 2.26. The van der Waals surface area contributed by atoms with E-state index in [0.717, 1.165) is 51.6 Å². The molecule has 2 fully saturated rings. The van der Waals surface area contributed by atoms with E-state index in [2.05, 4.69) is 5.32 Å². The molecule has 0 aromatic rings. The summed E-state index contributed by atoms with van der Waals surface area (Å²) in [5.41, 5.74) is -1.01. The Bertz CT molecular complexity index is 384. The molecule has 1 heterocycles. The molecule has 0 aromatic carbocycles. The third-order valence-corrected chi connectivity index (χ3v) is 4.87.